The number of terminal acetylenes is 1. The van der Waals surface area contributed by atoms with Gasteiger partial charge in [-0.05, 0) is 24.4 Å². The lowest BCUT2D eigenvalue weighted by Crippen LogP contribution is -2.10. The normalized spacial score (nSPS) is 9.72. The van der Waals surface area contributed by atoms with Crippen molar-refractivity contribution in [2.24, 2.45) is 0 Å². The first-order chi connectivity index (χ1) is 8.79. The standard InChI is InChI=1S/C12H11N5S/c1-2-6-14-11-15-9-17(12(18)16-11)8-10-5-3-4-7-13-10/h1,3-5,7,9H,6,8H2,(H,14,16,18). The lowest BCUT2D eigenvalue weighted by atomic mass is 10.3. The Morgan fingerprint density at radius 1 is 1.39 bits per heavy atom. The van der Waals surface area contributed by atoms with Crippen molar-refractivity contribution in [3.63, 3.8) is 0 Å². The Labute approximate surface area is 110 Å². The first-order valence-corrected chi connectivity index (χ1v) is 5.71. The molecule has 0 amide bonds. The van der Waals surface area contributed by atoms with Gasteiger partial charge in [-0.15, -0.1) is 6.42 Å². The Balaban J connectivity index is 2.16. The second-order valence-electron chi connectivity index (χ2n) is 3.47. The molecule has 0 fully saturated rings. The second kappa shape index (κ2) is 5.89. The van der Waals surface area contributed by atoms with Crippen molar-refractivity contribution in [3.05, 3.63) is 41.2 Å². The molecule has 0 aliphatic carbocycles. The maximum Gasteiger partial charge on any atom is 0.227 e. The van der Waals surface area contributed by atoms with E-state index in [2.05, 4.69) is 26.2 Å². The summed E-state index contributed by atoms with van der Waals surface area (Å²) in [4.78, 5) is 12.5. The van der Waals surface area contributed by atoms with Gasteiger partial charge in [0.2, 0.25) is 10.7 Å². The Morgan fingerprint density at radius 2 is 2.28 bits per heavy atom. The van der Waals surface area contributed by atoms with Gasteiger partial charge >= 0.3 is 0 Å². The second-order valence-corrected chi connectivity index (χ2v) is 3.83. The predicted molar refractivity (Wildman–Crippen MR) is 71.5 cm³/mol. The van der Waals surface area contributed by atoms with Crippen LogP contribution in [0.15, 0.2) is 30.7 Å². The third kappa shape index (κ3) is 3.12. The van der Waals surface area contributed by atoms with Crippen molar-refractivity contribution in [3.8, 4) is 12.3 Å². The SMILES string of the molecule is C#CCNc1ncn(Cc2ccccn2)c(=S)n1. The maximum absolute atomic E-state index is 5.18. The van der Waals surface area contributed by atoms with E-state index in [0.29, 0.717) is 23.8 Å². The molecule has 0 atom stereocenters. The van der Waals surface area contributed by atoms with E-state index in [4.69, 9.17) is 18.6 Å². The number of anilines is 1. The van der Waals surface area contributed by atoms with E-state index in [1.54, 1.807) is 17.1 Å². The number of hydrogen-bond acceptors (Lipinski definition) is 5. The van der Waals surface area contributed by atoms with Gasteiger partial charge in [0, 0.05) is 6.20 Å². The van der Waals surface area contributed by atoms with E-state index >= 15 is 0 Å². The Morgan fingerprint density at radius 3 is 2.94 bits per heavy atom. The van der Waals surface area contributed by atoms with Gasteiger partial charge < -0.3 is 9.88 Å². The van der Waals surface area contributed by atoms with Crippen LogP contribution in [-0.4, -0.2) is 26.1 Å². The molecule has 0 saturated carbocycles. The van der Waals surface area contributed by atoms with E-state index in [0.717, 1.165) is 5.69 Å². The molecular formula is C12H11N5S. The minimum absolute atomic E-state index is 0.374. The van der Waals surface area contributed by atoms with Crippen molar-refractivity contribution < 1.29 is 0 Å². The molecule has 18 heavy (non-hydrogen) atoms. The van der Waals surface area contributed by atoms with Crippen LogP contribution in [-0.2, 0) is 6.54 Å². The minimum atomic E-state index is 0.374. The fourth-order valence-electron chi connectivity index (χ4n) is 1.35. The van der Waals surface area contributed by atoms with Crippen molar-refractivity contribution in [1.82, 2.24) is 19.5 Å². The average molecular weight is 257 g/mol. The third-order valence-corrected chi connectivity index (χ3v) is 2.50. The molecule has 0 unspecified atom stereocenters. The third-order valence-electron chi connectivity index (χ3n) is 2.17. The van der Waals surface area contributed by atoms with Crippen molar-refractivity contribution in [2.75, 3.05) is 11.9 Å². The Kier molecular flexibility index (Phi) is 3.99. The van der Waals surface area contributed by atoms with Gasteiger partial charge in [-0.25, -0.2) is 4.98 Å². The van der Waals surface area contributed by atoms with Gasteiger partial charge in [-0.1, -0.05) is 12.0 Å². The van der Waals surface area contributed by atoms with E-state index in [-0.39, 0.29) is 0 Å². The van der Waals surface area contributed by atoms with Crippen LogP contribution < -0.4 is 5.32 Å². The van der Waals surface area contributed by atoms with Crippen LogP contribution >= 0.6 is 12.2 Å². The van der Waals surface area contributed by atoms with E-state index in [9.17, 15) is 0 Å². The quantitative estimate of drug-likeness (QED) is 0.664. The number of pyridine rings is 1. The molecule has 1 N–H and O–H groups in total. The van der Waals surface area contributed by atoms with Crippen LogP contribution in [0.4, 0.5) is 5.95 Å². The fraction of sp³-hybridized carbons (Fsp3) is 0.167. The minimum Gasteiger partial charge on any atom is -0.343 e. The maximum atomic E-state index is 5.18. The molecule has 0 saturated heterocycles. The molecule has 2 aromatic heterocycles. The molecule has 0 aromatic carbocycles. The lowest BCUT2D eigenvalue weighted by Gasteiger charge is -2.06. The number of nitrogens with one attached hydrogen (secondary N) is 1. The summed E-state index contributed by atoms with van der Waals surface area (Å²) in [5.41, 5.74) is 0.904. The van der Waals surface area contributed by atoms with Gasteiger partial charge in [0.15, 0.2) is 0 Å². The predicted octanol–water partition coefficient (Wildman–Crippen LogP) is 1.50. The van der Waals surface area contributed by atoms with Crippen LogP contribution in [0, 0.1) is 17.1 Å². The first kappa shape index (κ1) is 12.2. The number of nitrogens with zero attached hydrogens (tertiary/aromatic N) is 4. The summed E-state index contributed by atoms with van der Waals surface area (Å²) in [6.07, 6.45) is 8.51. The highest BCUT2D eigenvalue weighted by atomic mass is 32.1. The monoisotopic (exact) mass is 257 g/mol. The fourth-order valence-corrected chi connectivity index (χ4v) is 1.55. The molecule has 5 nitrogen and oxygen atoms in total. The summed E-state index contributed by atoms with van der Waals surface area (Å²) in [5, 5.41) is 2.87. The zero-order valence-electron chi connectivity index (χ0n) is 9.58. The highest BCUT2D eigenvalue weighted by Crippen LogP contribution is 2.01. The van der Waals surface area contributed by atoms with Gasteiger partial charge in [0.1, 0.15) is 6.33 Å². The molecule has 2 heterocycles. The van der Waals surface area contributed by atoms with Crippen molar-refractivity contribution in [2.45, 2.75) is 6.54 Å². The summed E-state index contributed by atoms with van der Waals surface area (Å²) >= 11 is 5.18. The Hall–Kier alpha value is -2.26. The van der Waals surface area contributed by atoms with E-state index in [1.807, 2.05) is 18.2 Å². The summed E-state index contributed by atoms with van der Waals surface area (Å²) < 4.78 is 2.19. The van der Waals surface area contributed by atoms with E-state index < -0.39 is 0 Å². The van der Waals surface area contributed by atoms with Crippen LogP contribution in [0.2, 0.25) is 0 Å². The van der Waals surface area contributed by atoms with Crippen LogP contribution in [0.1, 0.15) is 5.69 Å². The van der Waals surface area contributed by atoms with Gasteiger partial charge in [-0.2, -0.15) is 4.98 Å². The number of rotatable bonds is 4. The van der Waals surface area contributed by atoms with Crippen LogP contribution in [0.25, 0.3) is 0 Å². The highest BCUT2D eigenvalue weighted by molar-refractivity contribution is 7.71. The smallest absolute Gasteiger partial charge is 0.227 e. The summed E-state index contributed by atoms with van der Waals surface area (Å²) in [7, 11) is 0. The molecule has 6 heteroatoms. The molecular weight excluding hydrogens is 246 g/mol. The number of hydrogen-bond donors (Lipinski definition) is 1. The molecule has 0 aliphatic heterocycles. The molecule has 2 rings (SSSR count). The topological polar surface area (TPSA) is 55.6 Å². The zero-order valence-corrected chi connectivity index (χ0v) is 10.4. The summed E-state index contributed by atoms with van der Waals surface area (Å²) in [5.74, 6) is 2.89. The van der Waals surface area contributed by atoms with Gasteiger partial charge in [-0.3, -0.25) is 4.98 Å². The van der Waals surface area contributed by atoms with Crippen molar-refractivity contribution >= 4 is 18.2 Å². The molecule has 90 valence electrons. The van der Waals surface area contributed by atoms with Gasteiger partial charge in [0.05, 0.1) is 18.8 Å². The summed E-state index contributed by atoms with van der Waals surface area (Å²) in [6, 6.07) is 5.72. The van der Waals surface area contributed by atoms with Crippen molar-refractivity contribution in [1.29, 1.82) is 0 Å². The van der Waals surface area contributed by atoms with E-state index in [1.165, 1.54) is 0 Å². The average Bonchev–Trinajstić information content (AvgIpc) is 2.40. The van der Waals surface area contributed by atoms with Crippen LogP contribution in [0.5, 0.6) is 0 Å². The molecule has 0 spiro atoms. The summed E-state index contributed by atoms with van der Waals surface area (Å²) in [6.45, 7) is 0.925. The first-order valence-electron chi connectivity index (χ1n) is 5.30. The molecule has 0 bridgehead atoms. The zero-order chi connectivity index (χ0) is 12.8. The van der Waals surface area contributed by atoms with Gasteiger partial charge in [0.25, 0.3) is 0 Å². The highest BCUT2D eigenvalue weighted by Gasteiger charge is 2.00. The number of aromatic nitrogens is 4. The molecule has 0 radical (unpaired) electrons. The molecule has 2 aromatic rings. The van der Waals surface area contributed by atoms with Crippen LogP contribution in [0.3, 0.4) is 0 Å². The Bertz CT molecular complexity index is 614. The lowest BCUT2D eigenvalue weighted by molar-refractivity contribution is 0.709. The molecule has 0 aliphatic rings. The largest absolute Gasteiger partial charge is 0.343 e.